The van der Waals surface area contributed by atoms with Crippen molar-refractivity contribution in [1.82, 2.24) is 25.8 Å². The summed E-state index contributed by atoms with van der Waals surface area (Å²) in [5.41, 5.74) is -0.203. The Morgan fingerprint density at radius 2 is 2.10 bits per heavy atom. The molecule has 1 aromatic heterocycles. The predicted molar refractivity (Wildman–Crippen MR) is 73.2 cm³/mol. The van der Waals surface area contributed by atoms with Gasteiger partial charge in [0.15, 0.2) is 0 Å². The van der Waals surface area contributed by atoms with Crippen LogP contribution in [0.5, 0.6) is 0 Å². The molecule has 1 atom stereocenters. The molecule has 20 heavy (non-hydrogen) atoms. The molecule has 1 fully saturated rings. The fraction of sp³-hybridized carbons (Fsp3) is 0.692. The molecule has 0 saturated carbocycles. The first-order valence-corrected chi connectivity index (χ1v) is 6.89. The average Bonchev–Trinajstić information content (AvgIpc) is 2.78. The van der Waals surface area contributed by atoms with Gasteiger partial charge >= 0.3 is 0 Å². The predicted octanol–water partition coefficient (Wildman–Crippen LogP) is 0.501. The van der Waals surface area contributed by atoms with E-state index in [0.29, 0.717) is 18.8 Å². The van der Waals surface area contributed by atoms with E-state index in [1.165, 1.54) is 0 Å². The number of aromatic nitrogens is 3. The molecule has 3 N–H and O–H groups in total. The highest BCUT2D eigenvalue weighted by atomic mass is 16.2. The summed E-state index contributed by atoms with van der Waals surface area (Å²) in [4.78, 5) is 28.0. The highest BCUT2D eigenvalue weighted by Gasteiger charge is 2.26. The van der Waals surface area contributed by atoms with E-state index in [1.807, 2.05) is 20.8 Å². The Morgan fingerprint density at radius 1 is 1.35 bits per heavy atom. The van der Waals surface area contributed by atoms with Crippen molar-refractivity contribution >= 4 is 11.8 Å². The lowest BCUT2D eigenvalue weighted by Crippen LogP contribution is -2.45. The summed E-state index contributed by atoms with van der Waals surface area (Å²) in [5.74, 6) is 0.168. The molecule has 1 saturated heterocycles. The van der Waals surface area contributed by atoms with Crippen molar-refractivity contribution in [3.8, 4) is 0 Å². The van der Waals surface area contributed by atoms with Crippen LogP contribution < -0.4 is 10.6 Å². The summed E-state index contributed by atoms with van der Waals surface area (Å²) in [5, 5.41) is 12.2. The summed E-state index contributed by atoms with van der Waals surface area (Å²) in [6.07, 6.45) is 2.49. The maximum atomic E-state index is 12.1. The van der Waals surface area contributed by atoms with E-state index >= 15 is 0 Å². The summed E-state index contributed by atoms with van der Waals surface area (Å²) in [7, 11) is 0. The van der Waals surface area contributed by atoms with E-state index < -0.39 is 11.9 Å². The Balaban J connectivity index is 2.04. The molecular weight excluding hydrogens is 258 g/mol. The van der Waals surface area contributed by atoms with Gasteiger partial charge in [0.25, 0.3) is 5.91 Å². The van der Waals surface area contributed by atoms with Crippen LogP contribution in [0.15, 0.2) is 0 Å². The van der Waals surface area contributed by atoms with Crippen LogP contribution in [-0.4, -0.2) is 39.6 Å². The second-order valence-electron chi connectivity index (χ2n) is 6.07. The van der Waals surface area contributed by atoms with Crippen LogP contribution in [0.25, 0.3) is 0 Å². The topological polar surface area (TPSA) is 99.8 Å². The van der Waals surface area contributed by atoms with Crippen LogP contribution in [0.3, 0.4) is 0 Å². The zero-order valence-electron chi connectivity index (χ0n) is 12.1. The van der Waals surface area contributed by atoms with Gasteiger partial charge in [0.05, 0.1) is 0 Å². The third-order valence-electron chi connectivity index (χ3n) is 3.24. The summed E-state index contributed by atoms with van der Waals surface area (Å²) >= 11 is 0. The van der Waals surface area contributed by atoms with Crippen LogP contribution >= 0.6 is 0 Å². The Labute approximate surface area is 117 Å². The van der Waals surface area contributed by atoms with E-state index in [-0.39, 0.29) is 17.1 Å². The lowest BCUT2D eigenvalue weighted by molar-refractivity contribution is -0.122. The van der Waals surface area contributed by atoms with Gasteiger partial charge in [0.2, 0.25) is 11.7 Å². The first-order valence-electron chi connectivity index (χ1n) is 6.89. The molecule has 1 unspecified atom stereocenters. The van der Waals surface area contributed by atoms with E-state index in [1.54, 1.807) is 0 Å². The van der Waals surface area contributed by atoms with Gasteiger partial charge in [0.1, 0.15) is 11.9 Å². The van der Waals surface area contributed by atoms with Crippen LogP contribution in [-0.2, 0) is 10.2 Å². The van der Waals surface area contributed by atoms with Gasteiger partial charge in [-0.15, -0.1) is 5.10 Å². The molecule has 0 bridgehead atoms. The highest BCUT2D eigenvalue weighted by Crippen LogP contribution is 2.17. The molecule has 0 aromatic carbocycles. The first-order chi connectivity index (χ1) is 9.38. The Bertz CT molecular complexity index is 503. The molecule has 1 aliphatic heterocycles. The minimum Gasteiger partial charge on any atom is -0.354 e. The monoisotopic (exact) mass is 279 g/mol. The zero-order valence-corrected chi connectivity index (χ0v) is 12.1. The lowest BCUT2D eigenvalue weighted by atomic mass is 9.96. The minimum absolute atomic E-state index is 0.0759. The number of aromatic amines is 1. The van der Waals surface area contributed by atoms with Crippen molar-refractivity contribution in [2.24, 2.45) is 0 Å². The van der Waals surface area contributed by atoms with Gasteiger partial charge in [-0.05, 0) is 19.3 Å². The number of rotatable bonds is 2. The van der Waals surface area contributed by atoms with Crippen molar-refractivity contribution < 1.29 is 9.59 Å². The molecule has 7 nitrogen and oxygen atoms in total. The highest BCUT2D eigenvalue weighted by molar-refractivity contribution is 5.94. The SMILES string of the molecule is CC(C)(C)c1nc(C(=O)NC2CCCCNC2=O)n[nH]1. The molecular formula is C13H21N5O2. The number of nitrogens with zero attached hydrogens (tertiary/aromatic N) is 2. The van der Waals surface area contributed by atoms with Crippen LogP contribution in [0.2, 0.25) is 0 Å². The van der Waals surface area contributed by atoms with E-state index in [2.05, 4.69) is 25.8 Å². The Hall–Kier alpha value is -1.92. The molecule has 7 heteroatoms. The average molecular weight is 279 g/mol. The summed E-state index contributed by atoms with van der Waals surface area (Å²) in [6, 6.07) is -0.499. The molecule has 0 spiro atoms. The van der Waals surface area contributed by atoms with Gasteiger partial charge in [-0.25, -0.2) is 4.98 Å². The number of hydrogen-bond acceptors (Lipinski definition) is 4. The second-order valence-corrected chi connectivity index (χ2v) is 6.07. The first kappa shape index (κ1) is 14.5. The van der Waals surface area contributed by atoms with E-state index in [9.17, 15) is 9.59 Å². The number of carbonyl (C=O) groups excluding carboxylic acids is 2. The molecule has 1 aromatic rings. The number of H-pyrrole nitrogens is 1. The molecule has 0 aliphatic carbocycles. The van der Waals surface area contributed by atoms with E-state index in [4.69, 9.17) is 0 Å². The molecule has 110 valence electrons. The minimum atomic E-state index is -0.499. The zero-order chi connectivity index (χ0) is 14.8. The number of hydrogen-bond donors (Lipinski definition) is 3. The molecule has 1 aliphatic rings. The second kappa shape index (κ2) is 5.60. The smallest absolute Gasteiger partial charge is 0.291 e. The quantitative estimate of drug-likeness (QED) is 0.734. The normalized spacial score (nSPS) is 20.1. The van der Waals surface area contributed by atoms with Gasteiger partial charge in [-0.3, -0.25) is 14.7 Å². The fourth-order valence-corrected chi connectivity index (χ4v) is 2.00. The van der Waals surface area contributed by atoms with E-state index in [0.717, 1.165) is 12.8 Å². The van der Waals surface area contributed by atoms with Crippen LogP contribution in [0, 0.1) is 0 Å². The third kappa shape index (κ3) is 3.34. The molecule has 2 heterocycles. The standard InChI is InChI=1S/C13H21N5O2/c1-13(2,3)12-16-9(17-18-12)11(20)15-8-6-4-5-7-14-10(8)19/h8H,4-7H2,1-3H3,(H,14,19)(H,15,20)(H,16,17,18). The van der Waals surface area contributed by atoms with Crippen molar-refractivity contribution in [1.29, 1.82) is 0 Å². The van der Waals surface area contributed by atoms with Crippen LogP contribution in [0.1, 0.15) is 56.5 Å². The number of amides is 2. The van der Waals surface area contributed by atoms with Crippen molar-refractivity contribution in [3.63, 3.8) is 0 Å². The van der Waals surface area contributed by atoms with Crippen molar-refractivity contribution in [2.75, 3.05) is 6.54 Å². The maximum absolute atomic E-state index is 12.1. The maximum Gasteiger partial charge on any atom is 0.291 e. The van der Waals surface area contributed by atoms with Crippen LogP contribution in [0.4, 0.5) is 0 Å². The molecule has 0 radical (unpaired) electrons. The summed E-state index contributed by atoms with van der Waals surface area (Å²) in [6.45, 7) is 6.61. The Kier molecular flexibility index (Phi) is 4.06. The fourth-order valence-electron chi connectivity index (χ4n) is 2.00. The van der Waals surface area contributed by atoms with Gasteiger partial charge in [0, 0.05) is 12.0 Å². The van der Waals surface area contributed by atoms with Crippen molar-refractivity contribution in [3.05, 3.63) is 11.6 Å². The molecule has 2 rings (SSSR count). The molecule has 2 amide bonds. The number of nitrogens with one attached hydrogen (secondary N) is 3. The summed E-state index contributed by atoms with van der Waals surface area (Å²) < 4.78 is 0. The Morgan fingerprint density at radius 3 is 2.75 bits per heavy atom. The number of carbonyl (C=O) groups is 2. The van der Waals surface area contributed by atoms with Gasteiger partial charge < -0.3 is 10.6 Å². The largest absolute Gasteiger partial charge is 0.354 e. The third-order valence-corrected chi connectivity index (χ3v) is 3.24. The van der Waals surface area contributed by atoms with Gasteiger partial charge in [-0.2, -0.15) is 0 Å². The van der Waals surface area contributed by atoms with Crippen molar-refractivity contribution in [2.45, 2.75) is 51.5 Å². The van der Waals surface area contributed by atoms with Gasteiger partial charge in [-0.1, -0.05) is 20.8 Å². The lowest BCUT2D eigenvalue weighted by Gasteiger charge is -2.14.